The highest BCUT2D eigenvalue weighted by Crippen LogP contribution is 2.44. The van der Waals surface area contributed by atoms with E-state index in [2.05, 4.69) is 0 Å². The van der Waals surface area contributed by atoms with Crippen LogP contribution >= 0.6 is 0 Å². The van der Waals surface area contributed by atoms with Crippen LogP contribution in [0.15, 0.2) is 18.2 Å². The Hall–Kier alpha value is -2.12. The molecule has 0 spiro atoms. The fourth-order valence-electron chi connectivity index (χ4n) is 3.00. The van der Waals surface area contributed by atoms with Gasteiger partial charge in [0.05, 0.1) is 19.1 Å². The zero-order valence-electron chi connectivity index (χ0n) is 11.9. The van der Waals surface area contributed by atoms with Crippen molar-refractivity contribution in [3.05, 3.63) is 23.8 Å². The predicted molar refractivity (Wildman–Crippen MR) is 71.3 cm³/mol. The van der Waals surface area contributed by atoms with Gasteiger partial charge in [0.1, 0.15) is 0 Å². The van der Waals surface area contributed by atoms with Crippen LogP contribution in [-0.2, 0) is 14.4 Å². The third-order valence-electron chi connectivity index (χ3n) is 4.07. The lowest BCUT2D eigenvalue weighted by Gasteiger charge is -2.23. The number of fused-ring (bicyclic) bond motifs is 1. The van der Waals surface area contributed by atoms with Crippen LogP contribution < -0.4 is 4.74 Å². The fraction of sp³-hybridized carbons (Fsp3) is 0.429. The molecule has 3 rings (SSSR count). The van der Waals surface area contributed by atoms with E-state index in [0.717, 1.165) is 4.90 Å². The number of phenolic OH excluding ortho intramolecular Hbond substituents is 1. The van der Waals surface area contributed by atoms with Crippen LogP contribution in [0.4, 0.5) is 0 Å². The maximum atomic E-state index is 12.2. The van der Waals surface area contributed by atoms with Crippen molar-refractivity contribution in [1.82, 2.24) is 9.96 Å². The summed E-state index contributed by atoms with van der Waals surface area (Å²) < 4.78 is 5.01. The van der Waals surface area contributed by atoms with E-state index in [-0.39, 0.29) is 17.6 Å². The number of phenols is 1. The van der Waals surface area contributed by atoms with E-state index in [9.17, 15) is 14.7 Å². The molecule has 7 nitrogen and oxygen atoms in total. The Bertz CT molecular complexity index is 617. The maximum Gasteiger partial charge on any atom is 0.261 e. The molecule has 1 aromatic carbocycles. The Balaban J connectivity index is 2.00. The number of carbonyl (C=O) groups is 2. The zero-order chi connectivity index (χ0) is 15.3. The summed E-state index contributed by atoms with van der Waals surface area (Å²) in [6, 6.07) is 4.48. The van der Waals surface area contributed by atoms with Crippen LogP contribution in [0.5, 0.6) is 11.5 Å². The van der Waals surface area contributed by atoms with Gasteiger partial charge in [0, 0.05) is 14.1 Å². The number of ether oxygens (including phenoxy) is 1. The number of nitrogens with zero attached hydrogens (tertiary/aromatic N) is 2. The topological polar surface area (TPSA) is 79.3 Å². The van der Waals surface area contributed by atoms with E-state index in [4.69, 9.17) is 9.57 Å². The van der Waals surface area contributed by atoms with Crippen LogP contribution in [0.25, 0.3) is 0 Å². The number of hydroxylamine groups is 2. The van der Waals surface area contributed by atoms with Crippen molar-refractivity contribution in [2.24, 2.45) is 5.92 Å². The molecule has 0 aromatic heterocycles. The smallest absolute Gasteiger partial charge is 0.261 e. The van der Waals surface area contributed by atoms with E-state index in [1.165, 1.54) is 25.3 Å². The zero-order valence-corrected chi connectivity index (χ0v) is 11.9. The second-order valence-corrected chi connectivity index (χ2v) is 5.21. The largest absolute Gasteiger partial charge is 0.504 e. The van der Waals surface area contributed by atoms with E-state index >= 15 is 0 Å². The van der Waals surface area contributed by atoms with Crippen molar-refractivity contribution in [2.75, 3.05) is 21.2 Å². The van der Waals surface area contributed by atoms with Gasteiger partial charge in [-0.25, -0.2) is 0 Å². The Morgan fingerprint density at radius 2 is 1.95 bits per heavy atom. The summed E-state index contributed by atoms with van der Waals surface area (Å²) in [6.07, 6.45) is -0.790. The summed E-state index contributed by atoms with van der Waals surface area (Å²) in [5.74, 6) is -0.869. The van der Waals surface area contributed by atoms with Crippen LogP contribution in [0.1, 0.15) is 11.6 Å². The van der Waals surface area contributed by atoms with Gasteiger partial charge in [-0.1, -0.05) is 6.07 Å². The molecule has 0 bridgehead atoms. The van der Waals surface area contributed by atoms with Crippen molar-refractivity contribution in [1.29, 1.82) is 0 Å². The summed E-state index contributed by atoms with van der Waals surface area (Å²) in [7, 11) is 4.59. The first-order valence-corrected chi connectivity index (χ1v) is 6.53. The molecule has 112 valence electrons. The standard InChI is InChI=1S/C14H16N2O5/c1-15-13(18)10-11(16(2)21-12(10)14(15)19)7-4-5-9(20-3)8(17)6-7/h4-6,10-12,17H,1-3H3. The van der Waals surface area contributed by atoms with Gasteiger partial charge in [-0.3, -0.25) is 19.3 Å². The highest BCUT2D eigenvalue weighted by atomic mass is 16.7. The lowest BCUT2D eigenvalue weighted by atomic mass is 9.91. The quantitative estimate of drug-likeness (QED) is 0.790. The number of imide groups is 1. The Labute approximate surface area is 121 Å². The third kappa shape index (κ3) is 1.89. The van der Waals surface area contributed by atoms with Gasteiger partial charge in [-0.15, -0.1) is 0 Å². The van der Waals surface area contributed by atoms with Crippen molar-refractivity contribution >= 4 is 11.8 Å². The first-order chi connectivity index (χ1) is 9.95. The molecule has 3 unspecified atom stereocenters. The molecule has 1 N–H and O–H groups in total. The van der Waals surface area contributed by atoms with E-state index in [0.29, 0.717) is 11.3 Å². The summed E-state index contributed by atoms with van der Waals surface area (Å²) in [5, 5.41) is 11.4. The SMILES string of the molecule is COc1ccc(C2C3C(=O)N(C)C(=O)C3ON2C)cc1O. The minimum Gasteiger partial charge on any atom is -0.504 e. The van der Waals surface area contributed by atoms with Gasteiger partial charge < -0.3 is 9.84 Å². The van der Waals surface area contributed by atoms with Crippen molar-refractivity contribution in [3.8, 4) is 11.5 Å². The Morgan fingerprint density at radius 1 is 1.24 bits per heavy atom. The molecule has 7 heteroatoms. The van der Waals surface area contributed by atoms with Gasteiger partial charge in [-0.05, 0) is 17.7 Å². The number of likely N-dealkylation sites (N-methyl/N-ethyl adjacent to an activating group) is 1. The minimum atomic E-state index is -0.790. The third-order valence-corrected chi connectivity index (χ3v) is 4.07. The molecule has 0 aliphatic carbocycles. The van der Waals surface area contributed by atoms with Crippen LogP contribution in [0.2, 0.25) is 0 Å². The first-order valence-electron chi connectivity index (χ1n) is 6.53. The van der Waals surface area contributed by atoms with Crippen LogP contribution in [-0.4, -0.2) is 54.2 Å². The monoisotopic (exact) mass is 292 g/mol. The lowest BCUT2D eigenvalue weighted by molar-refractivity contribution is -0.168. The summed E-state index contributed by atoms with van der Waals surface area (Å²) >= 11 is 0. The molecule has 2 amide bonds. The van der Waals surface area contributed by atoms with E-state index in [1.807, 2.05) is 0 Å². The molecule has 21 heavy (non-hydrogen) atoms. The number of hydrogen-bond acceptors (Lipinski definition) is 6. The molecule has 0 saturated carbocycles. The number of methoxy groups -OCH3 is 1. The van der Waals surface area contributed by atoms with Crippen LogP contribution in [0.3, 0.4) is 0 Å². The maximum absolute atomic E-state index is 12.2. The van der Waals surface area contributed by atoms with Gasteiger partial charge in [0.2, 0.25) is 5.91 Å². The summed E-state index contributed by atoms with van der Waals surface area (Å²) in [5.41, 5.74) is 0.694. The first kappa shape index (κ1) is 13.8. The molecule has 2 heterocycles. The number of hydrogen-bond donors (Lipinski definition) is 1. The van der Waals surface area contributed by atoms with Crippen molar-refractivity contribution in [3.63, 3.8) is 0 Å². The average molecular weight is 292 g/mol. The number of aromatic hydroxyl groups is 1. The normalized spacial score (nSPS) is 29.1. The average Bonchev–Trinajstić information content (AvgIpc) is 2.90. The van der Waals surface area contributed by atoms with Crippen LogP contribution in [0, 0.1) is 5.92 Å². The van der Waals surface area contributed by atoms with E-state index in [1.54, 1.807) is 19.2 Å². The second-order valence-electron chi connectivity index (χ2n) is 5.21. The van der Waals surface area contributed by atoms with Gasteiger partial charge >= 0.3 is 0 Å². The highest BCUT2D eigenvalue weighted by molar-refractivity contribution is 6.07. The molecule has 2 saturated heterocycles. The second kappa shape index (κ2) is 4.71. The number of amides is 2. The number of carbonyl (C=O) groups excluding carboxylic acids is 2. The Morgan fingerprint density at radius 3 is 2.57 bits per heavy atom. The van der Waals surface area contributed by atoms with Crippen molar-refractivity contribution < 1.29 is 24.3 Å². The van der Waals surface area contributed by atoms with E-state index < -0.39 is 18.1 Å². The van der Waals surface area contributed by atoms with Gasteiger partial charge in [-0.2, -0.15) is 5.06 Å². The minimum absolute atomic E-state index is 0.0167. The molecule has 2 aliphatic rings. The molecule has 0 radical (unpaired) electrons. The number of rotatable bonds is 2. The summed E-state index contributed by atoms with van der Waals surface area (Å²) in [6.45, 7) is 0. The highest BCUT2D eigenvalue weighted by Gasteiger charge is 2.57. The number of benzene rings is 1. The molecular weight excluding hydrogens is 276 g/mol. The van der Waals surface area contributed by atoms with Gasteiger partial charge in [0.15, 0.2) is 17.6 Å². The van der Waals surface area contributed by atoms with Crippen molar-refractivity contribution in [2.45, 2.75) is 12.1 Å². The number of likely N-dealkylation sites (tertiary alicyclic amines) is 1. The fourth-order valence-corrected chi connectivity index (χ4v) is 3.00. The van der Waals surface area contributed by atoms with Gasteiger partial charge in [0.25, 0.3) is 5.91 Å². The Kier molecular flexibility index (Phi) is 3.11. The molecular formula is C14H16N2O5. The predicted octanol–water partition coefficient (Wildman–Crippen LogP) is 0.302. The lowest BCUT2D eigenvalue weighted by Crippen LogP contribution is -2.33. The molecule has 2 fully saturated rings. The summed E-state index contributed by atoms with van der Waals surface area (Å²) in [4.78, 5) is 30.8. The molecule has 2 aliphatic heterocycles. The molecule has 3 atom stereocenters. The molecule has 1 aromatic rings.